The minimum absolute atomic E-state index is 0.275. The molecule has 1 aliphatic rings. The summed E-state index contributed by atoms with van der Waals surface area (Å²) in [5, 5.41) is 12.2. The molecule has 4 heteroatoms. The molecule has 1 aromatic carbocycles. The summed E-state index contributed by atoms with van der Waals surface area (Å²) >= 11 is 0. The van der Waals surface area contributed by atoms with Gasteiger partial charge in [0.25, 0.3) is 0 Å². The van der Waals surface area contributed by atoms with Gasteiger partial charge < -0.3 is 10.1 Å². The highest BCUT2D eigenvalue weighted by atomic mass is 19.1. The van der Waals surface area contributed by atoms with Gasteiger partial charge in [0, 0.05) is 18.9 Å². The number of hydrogen-bond acceptors (Lipinski definition) is 3. The van der Waals surface area contributed by atoms with E-state index in [9.17, 15) is 4.39 Å². The van der Waals surface area contributed by atoms with Crippen LogP contribution in [0.15, 0.2) is 24.3 Å². The molecule has 0 amide bonds. The standard InChI is InChI=1S/C13H15FN2O/c14-11-2-1-3-12(8-11)16-13(9-15)10-4-6-17-7-5-10/h1-3,8,10,13,16H,4-7H2. The van der Waals surface area contributed by atoms with Crippen molar-refractivity contribution in [2.24, 2.45) is 5.92 Å². The molecule has 1 fully saturated rings. The third kappa shape index (κ3) is 3.18. The van der Waals surface area contributed by atoms with E-state index in [2.05, 4.69) is 11.4 Å². The van der Waals surface area contributed by atoms with Crippen LogP contribution in [-0.2, 0) is 4.74 Å². The van der Waals surface area contributed by atoms with Gasteiger partial charge >= 0.3 is 0 Å². The van der Waals surface area contributed by atoms with Gasteiger partial charge in [0.1, 0.15) is 11.9 Å². The molecule has 1 unspecified atom stereocenters. The fourth-order valence-electron chi connectivity index (χ4n) is 2.06. The third-order valence-corrected chi connectivity index (χ3v) is 3.02. The van der Waals surface area contributed by atoms with Crippen LogP contribution in [0.3, 0.4) is 0 Å². The normalized spacial score (nSPS) is 18.4. The Kier molecular flexibility index (Phi) is 3.94. The largest absolute Gasteiger partial charge is 0.381 e. The summed E-state index contributed by atoms with van der Waals surface area (Å²) in [6.07, 6.45) is 1.75. The van der Waals surface area contributed by atoms with Crippen LogP contribution < -0.4 is 5.32 Å². The molecular weight excluding hydrogens is 219 g/mol. The Morgan fingerprint density at radius 1 is 1.41 bits per heavy atom. The molecule has 1 aliphatic heterocycles. The Morgan fingerprint density at radius 3 is 2.82 bits per heavy atom. The average molecular weight is 234 g/mol. The van der Waals surface area contributed by atoms with Crippen molar-refractivity contribution >= 4 is 5.69 Å². The predicted molar refractivity (Wildman–Crippen MR) is 63.0 cm³/mol. The van der Waals surface area contributed by atoms with E-state index in [0.717, 1.165) is 12.8 Å². The second-order valence-electron chi connectivity index (χ2n) is 4.21. The molecule has 0 aliphatic carbocycles. The zero-order valence-corrected chi connectivity index (χ0v) is 9.53. The van der Waals surface area contributed by atoms with Crippen molar-refractivity contribution in [1.82, 2.24) is 0 Å². The summed E-state index contributed by atoms with van der Waals surface area (Å²) in [6.45, 7) is 1.40. The minimum Gasteiger partial charge on any atom is -0.381 e. The Balaban J connectivity index is 2.02. The zero-order valence-electron chi connectivity index (χ0n) is 9.53. The quantitative estimate of drug-likeness (QED) is 0.874. The van der Waals surface area contributed by atoms with Gasteiger partial charge in [0.15, 0.2) is 0 Å². The Hall–Kier alpha value is -1.60. The zero-order chi connectivity index (χ0) is 12.1. The highest BCUT2D eigenvalue weighted by Gasteiger charge is 2.23. The first kappa shape index (κ1) is 11.9. The maximum Gasteiger partial charge on any atom is 0.125 e. The van der Waals surface area contributed by atoms with Crippen molar-refractivity contribution in [3.63, 3.8) is 0 Å². The van der Waals surface area contributed by atoms with Crippen LogP contribution in [0.2, 0.25) is 0 Å². The number of benzene rings is 1. The molecule has 90 valence electrons. The molecular formula is C13H15FN2O. The lowest BCUT2D eigenvalue weighted by Crippen LogP contribution is -2.32. The van der Waals surface area contributed by atoms with Crippen molar-refractivity contribution in [2.75, 3.05) is 18.5 Å². The van der Waals surface area contributed by atoms with Gasteiger partial charge in [-0.1, -0.05) is 6.07 Å². The molecule has 1 heterocycles. The van der Waals surface area contributed by atoms with Gasteiger partial charge in [-0.3, -0.25) is 0 Å². The van der Waals surface area contributed by atoms with Crippen LogP contribution in [0.1, 0.15) is 12.8 Å². The molecule has 0 saturated carbocycles. The van der Waals surface area contributed by atoms with Crippen molar-refractivity contribution in [3.8, 4) is 6.07 Å². The number of anilines is 1. The smallest absolute Gasteiger partial charge is 0.125 e. The maximum absolute atomic E-state index is 13.0. The van der Waals surface area contributed by atoms with Gasteiger partial charge in [0.2, 0.25) is 0 Å². The fraction of sp³-hybridized carbons (Fsp3) is 0.462. The molecule has 2 rings (SSSR count). The Labute approximate surface area is 100 Å². The first-order valence-corrected chi connectivity index (χ1v) is 5.79. The molecule has 0 aromatic heterocycles. The summed E-state index contributed by atoms with van der Waals surface area (Å²) in [5.74, 6) is -0.0179. The molecule has 0 bridgehead atoms. The summed E-state index contributed by atoms with van der Waals surface area (Å²) in [6, 6.07) is 8.18. The number of ether oxygens (including phenoxy) is 1. The lowest BCUT2D eigenvalue weighted by atomic mass is 9.92. The van der Waals surface area contributed by atoms with Gasteiger partial charge in [-0.15, -0.1) is 0 Å². The first-order valence-electron chi connectivity index (χ1n) is 5.79. The first-order chi connectivity index (χ1) is 8.29. The van der Waals surface area contributed by atoms with Crippen LogP contribution in [-0.4, -0.2) is 19.3 Å². The van der Waals surface area contributed by atoms with Gasteiger partial charge in [0.05, 0.1) is 6.07 Å². The number of nitriles is 1. The van der Waals surface area contributed by atoms with E-state index in [-0.39, 0.29) is 17.8 Å². The highest BCUT2D eigenvalue weighted by molar-refractivity contribution is 5.45. The molecule has 1 aromatic rings. The Bertz CT molecular complexity index is 410. The molecule has 1 N–H and O–H groups in total. The summed E-state index contributed by atoms with van der Waals surface area (Å²) in [7, 11) is 0. The van der Waals surface area contributed by atoms with Crippen LogP contribution >= 0.6 is 0 Å². The monoisotopic (exact) mass is 234 g/mol. The summed E-state index contributed by atoms with van der Waals surface area (Å²) in [5.41, 5.74) is 0.656. The maximum atomic E-state index is 13.0. The molecule has 17 heavy (non-hydrogen) atoms. The fourth-order valence-corrected chi connectivity index (χ4v) is 2.06. The van der Waals surface area contributed by atoms with Crippen LogP contribution in [0.4, 0.5) is 10.1 Å². The second kappa shape index (κ2) is 5.65. The van der Waals surface area contributed by atoms with E-state index in [0.29, 0.717) is 18.9 Å². The molecule has 3 nitrogen and oxygen atoms in total. The molecule has 1 saturated heterocycles. The molecule has 0 spiro atoms. The lowest BCUT2D eigenvalue weighted by Gasteiger charge is -2.27. The van der Waals surface area contributed by atoms with Gasteiger partial charge in [-0.05, 0) is 37.0 Å². The van der Waals surface area contributed by atoms with Crippen LogP contribution in [0.5, 0.6) is 0 Å². The van der Waals surface area contributed by atoms with Crippen molar-refractivity contribution < 1.29 is 9.13 Å². The van der Waals surface area contributed by atoms with E-state index in [1.165, 1.54) is 12.1 Å². The van der Waals surface area contributed by atoms with E-state index < -0.39 is 0 Å². The van der Waals surface area contributed by atoms with Crippen LogP contribution in [0.25, 0.3) is 0 Å². The molecule has 1 atom stereocenters. The third-order valence-electron chi connectivity index (χ3n) is 3.02. The van der Waals surface area contributed by atoms with Crippen molar-refractivity contribution in [3.05, 3.63) is 30.1 Å². The van der Waals surface area contributed by atoms with E-state index in [1.54, 1.807) is 12.1 Å². The molecule has 0 radical (unpaired) electrons. The minimum atomic E-state index is -0.293. The Morgan fingerprint density at radius 2 is 2.18 bits per heavy atom. The SMILES string of the molecule is N#CC(Nc1cccc(F)c1)C1CCOCC1. The van der Waals surface area contributed by atoms with E-state index in [4.69, 9.17) is 10.00 Å². The van der Waals surface area contributed by atoms with Gasteiger partial charge in [-0.25, -0.2) is 4.39 Å². The van der Waals surface area contributed by atoms with Gasteiger partial charge in [-0.2, -0.15) is 5.26 Å². The summed E-state index contributed by atoms with van der Waals surface area (Å²) in [4.78, 5) is 0. The number of hydrogen-bond donors (Lipinski definition) is 1. The number of rotatable bonds is 3. The average Bonchev–Trinajstić information content (AvgIpc) is 2.37. The van der Waals surface area contributed by atoms with E-state index in [1.807, 2.05) is 0 Å². The highest BCUT2D eigenvalue weighted by Crippen LogP contribution is 2.22. The van der Waals surface area contributed by atoms with Crippen molar-refractivity contribution in [1.29, 1.82) is 5.26 Å². The number of halogens is 1. The van der Waals surface area contributed by atoms with Crippen molar-refractivity contribution in [2.45, 2.75) is 18.9 Å². The summed E-state index contributed by atoms with van der Waals surface area (Å²) < 4.78 is 18.3. The van der Waals surface area contributed by atoms with E-state index >= 15 is 0 Å². The number of nitrogens with zero attached hydrogens (tertiary/aromatic N) is 1. The predicted octanol–water partition coefficient (Wildman–Crippen LogP) is 2.56. The topological polar surface area (TPSA) is 45.0 Å². The second-order valence-corrected chi connectivity index (χ2v) is 4.21. The number of nitrogens with one attached hydrogen (secondary N) is 1. The lowest BCUT2D eigenvalue weighted by molar-refractivity contribution is 0.0651. The van der Waals surface area contributed by atoms with Crippen LogP contribution in [0, 0.1) is 23.1 Å².